The van der Waals surface area contributed by atoms with Gasteiger partial charge < -0.3 is 25.0 Å². The van der Waals surface area contributed by atoms with Gasteiger partial charge in [-0.2, -0.15) is 0 Å². The van der Waals surface area contributed by atoms with Crippen LogP contribution >= 0.6 is 0 Å². The van der Waals surface area contributed by atoms with Gasteiger partial charge in [0.2, 0.25) is 0 Å². The fraction of sp³-hybridized carbons (Fsp3) is 0.643. The molecule has 0 spiro atoms. The van der Waals surface area contributed by atoms with Gasteiger partial charge in [-0.15, -0.1) is 0 Å². The predicted octanol–water partition coefficient (Wildman–Crippen LogP) is -0.0962. The number of nitrogen functional groups attached to an aromatic ring is 1. The van der Waals surface area contributed by atoms with Crippen LogP contribution in [0.15, 0.2) is 23.1 Å². The maximum Gasteiger partial charge on any atom is 0.250 e. The van der Waals surface area contributed by atoms with Crippen molar-refractivity contribution in [2.45, 2.75) is 25.5 Å². The van der Waals surface area contributed by atoms with Gasteiger partial charge in [0.05, 0.1) is 19.3 Å². The number of anilines is 1. The van der Waals surface area contributed by atoms with Crippen LogP contribution < -0.4 is 11.3 Å². The molecule has 0 radical (unpaired) electrons. The van der Waals surface area contributed by atoms with Crippen LogP contribution in [0.1, 0.15) is 12.8 Å². The van der Waals surface area contributed by atoms with E-state index in [1.807, 2.05) is 0 Å². The number of piperidine rings is 1. The summed E-state index contributed by atoms with van der Waals surface area (Å²) >= 11 is 0. The molecule has 1 fully saturated rings. The van der Waals surface area contributed by atoms with Gasteiger partial charge in [-0.1, -0.05) is 0 Å². The third-order valence-corrected chi connectivity index (χ3v) is 3.64. The fourth-order valence-corrected chi connectivity index (χ4v) is 2.49. The lowest BCUT2D eigenvalue weighted by molar-refractivity contribution is -0.00814. The monoisotopic (exact) mass is 281 g/mol. The van der Waals surface area contributed by atoms with Gasteiger partial charge in [-0.05, 0) is 18.9 Å². The number of pyridine rings is 1. The Morgan fingerprint density at radius 2 is 2.05 bits per heavy atom. The van der Waals surface area contributed by atoms with E-state index < -0.39 is 0 Å². The van der Waals surface area contributed by atoms with Crippen LogP contribution in [-0.2, 0) is 11.3 Å². The zero-order valence-electron chi connectivity index (χ0n) is 11.7. The molecule has 1 aliphatic rings. The number of aliphatic hydroxyl groups is 1. The highest BCUT2D eigenvalue weighted by Gasteiger charge is 2.19. The molecular formula is C14H23N3O3. The Morgan fingerprint density at radius 1 is 1.30 bits per heavy atom. The van der Waals surface area contributed by atoms with E-state index in [1.54, 1.807) is 16.8 Å². The van der Waals surface area contributed by atoms with E-state index in [2.05, 4.69) is 4.90 Å². The Bertz CT molecular complexity index is 467. The molecule has 6 heteroatoms. The average molecular weight is 281 g/mol. The first-order chi connectivity index (χ1) is 9.69. The largest absolute Gasteiger partial charge is 0.398 e. The van der Waals surface area contributed by atoms with E-state index in [4.69, 9.17) is 15.6 Å². The van der Waals surface area contributed by atoms with Gasteiger partial charge in [0.25, 0.3) is 5.56 Å². The van der Waals surface area contributed by atoms with Crippen LogP contribution in [0.5, 0.6) is 0 Å². The van der Waals surface area contributed by atoms with Gasteiger partial charge >= 0.3 is 0 Å². The van der Waals surface area contributed by atoms with Gasteiger partial charge in [0.15, 0.2) is 0 Å². The van der Waals surface area contributed by atoms with Crippen molar-refractivity contribution < 1.29 is 9.84 Å². The average Bonchev–Trinajstić information content (AvgIpc) is 2.47. The van der Waals surface area contributed by atoms with Crippen LogP contribution in [-0.4, -0.2) is 53.5 Å². The molecular weight excluding hydrogens is 258 g/mol. The lowest BCUT2D eigenvalue weighted by Gasteiger charge is -2.31. The first kappa shape index (κ1) is 15.0. The van der Waals surface area contributed by atoms with Crippen molar-refractivity contribution in [2.24, 2.45) is 0 Å². The molecule has 0 bridgehead atoms. The summed E-state index contributed by atoms with van der Waals surface area (Å²) in [4.78, 5) is 14.0. The minimum absolute atomic E-state index is 0.0136. The van der Waals surface area contributed by atoms with Gasteiger partial charge in [0.1, 0.15) is 0 Å². The second-order valence-electron chi connectivity index (χ2n) is 5.13. The molecule has 3 N–H and O–H groups in total. The lowest BCUT2D eigenvalue weighted by atomic mass is 10.1. The van der Waals surface area contributed by atoms with Crippen molar-refractivity contribution in [3.05, 3.63) is 28.7 Å². The highest BCUT2D eigenvalue weighted by atomic mass is 16.5. The summed E-state index contributed by atoms with van der Waals surface area (Å²) in [6, 6.07) is 3.13. The molecule has 1 aromatic heterocycles. The number of nitrogens with two attached hydrogens (primary N) is 1. The molecule has 6 nitrogen and oxygen atoms in total. The summed E-state index contributed by atoms with van der Waals surface area (Å²) < 4.78 is 7.19. The van der Waals surface area contributed by atoms with E-state index in [1.165, 1.54) is 6.07 Å². The van der Waals surface area contributed by atoms with E-state index >= 15 is 0 Å². The molecule has 0 amide bonds. The summed E-state index contributed by atoms with van der Waals surface area (Å²) in [5.41, 5.74) is 6.29. The van der Waals surface area contributed by atoms with Crippen molar-refractivity contribution in [2.75, 3.05) is 38.6 Å². The molecule has 1 saturated heterocycles. The maximum atomic E-state index is 11.7. The first-order valence-corrected chi connectivity index (χ1v) is 7.10. The SMILES string of the molecule is Nc1ccc(=O)n(CCN2CCC(OCCO)CC2)c1. The normalized spacial score (nSPS) is 17.4. The summed E-state index contributed by atoms with van der Waals surface area (Å²) in [6.45, 7) is 3.93. The van der Waals surface area contributed by atoms with Crippen LogP contribution in [0.4, 0.5) is 5.69 Å². The van der Waals surface area contributed by atoms with Crippen molar-refractivity contribution in [1.82, 2.24) is 9.47 Å². The highest BCUT2D eigenvalue weighted by Crippen LogP contribution is 2.13. The van der Waals surface area contributed by atoms with Crippen LogP contribution in [0.2, 0.25) is 0 Å². The third-order valence-electron chi connectivity index (χ3n) is 3.64. The van der Waals surface area contributed by atoms with E-state index in [-0.39, 0.29) is 18.3 Å². The van der Waals surface area contributed by atoms with Crippen LogP contribution in [0, 0.1) is 0 Å². The molecule has 0 saturated carbocycles. The molecule has 0 unspecified atom stereocenters. The second-order valence-corrected chi connectivity index (χ2v) is 5.13. The molecule has 1 aromatic rings. The number of rotatable bonds is 6. The summed E-state index contributed by atoms with van der Waals surface area (Å²) in [6.07, 6.45) is 3.91. The molecule has 1 aliphatic heterocycles. The Morgan fingerprint density at radius 3 is 2.75 bits per heavy atom. The zero-order chi connectivity index (χ0) is 14.4. The second kappa shape index (κ2) is 7.42. The number of nitrogens with zero attached hydrogens (tertiary/aromatic N) is 2. The number of hydrogen-bond donors (Lipinski definition) is 2. The molecule has 2 heterocycles. The maximum absolute atomic E-state index is 11.7. The van der Waals surface area contributed by atoms with Crippen LogP contribution in [0.3, 0.4) is 0 Å². The third kappa shape index (κ3) is 4.33. The quantitative estimate of drug-likeness (QED) is 0.761. The molecule has 112 valence electrons. The molecule has 0 atom stereocenters. The smallest absolute Gasteiger partial charge is 0.250 e. The molecule has 20 heavy (non-hydrogen) atoms. The minimum Gasteiger partial charge on any atom is -0.398 e. The van der Waals surface area contributed by atoms with Crippen LogP contribution in [0.25, 0.3) is 0 Å². The van der Waals surface area contributed by atoms with Crippen molar-refractivity contribution in [3.63, 3.8) is 0 Å². The summed E-state index contributed by atoms with van der Waals surface area (Å²) in [5.74, 6) is 0. The zero-order valence-corrected chi connectivity index (χ0v) is 11.7. The Kier molecular flexibility index (Phi) is 5.58. The van der Waals surface area contributed by atoms with Crippen molar-refractivity contribution in [1.29, 1.82) is 0 Å². The lowest BCUT2D eigenvalue weighted by Crippen LogP contribution is -2.39. The van der Waals surface area contributed by atoms with Gasteiger partial charge in [-0.25, -0.2) is 0 Å². The van der Waals surface area contributed by atoms with E-state index in [0.717, 1.165) is 32.5 Å². The predicted molar refractivity (Wildman–Crippen MR) is 77.6 cm³/mol. The van der Waals surface area contributed by atoms with Gasteiger partial charge in [-0.3, -0.25) is 4.79 Å². The molecule has 2 rings (SSSR count). The van der Waals surface area contributed by atoms with E-state index in [9.17, 15) is 4.79 Å². The van der Waals surface area contributed by atoms with Gasteiger partial charge in [0, 0.05) is 44.1 Å². The minimum atomic E-state index is -0.0136. The first-order valence-electron chi connectivity index (χ1n) is 7.10. The fourth-order valence-electron chi connectivity index (χ4n) is 2.49. The Balaban J connectivity index is 1.76. The summed E-state index contributed by atoms with van der Waals surface area (Å²) in [5, 5.41) is 8.73. The standard InChI is InChI=1S/C14H23N3O3/c15-12-1-2-14(19)17(11-12)8-7-16-5-3-13(4-6-16)20-10-9-18/h1-2,11,13,18H,3-10,15H2. The number of aliphatic hydroxyl groups excluding tert-OH is 1. The van der Waals surface area contributed by atoms with E-state index in [0.29, 0.717) is 18.8 Å². The molecule has 0 aliphatic carbocycles. The highest BCUT2D eigenvalue weighted by molar-refractivity contribution is 5.33. The number of likely N-dealkylation sites (tertiary alicyclic amines) is 1. The Labute approximate surface area is 118 Å². The van der Waals surface area contributed by atoms with Crippen molar-refractivity contribution >= 4 is 5.69 Å². The van der Waals surface area contributed by atoms with Crippen molar-refractivity contribution in [3.8, 4) is 0 Å². The number of ether oxygens (including phenoxy) is 1. The topological polar surface area (TPSA) is 80.7 Å². The number of aromatic nitrogens is 1. The molecule has 0 aromatic carbocycles. The Hall–Kier alpha value is -1.37. The number of hydrogen-bond acceptors (Lipinski definition) is 5. The summed E-state index contributed by atoms with van der Waals surface area (Å²) in [7, 11) is 0.